The number of carbonyl (C=O) groups is 1. The summed E-state index contributed by atoms with van der Waals surface area (Å²) in [6.07, 6.45) is 0.490. The molecule has 1 N–H and O–H groups in total. The number of piperazine rings is 1. The van der Waals surface area contributed by atoms with Gasteiger partial charge in [-0.1, -0.05) is 17.7 Å². The molecule has 1 amide bonds. The minimum absolute atomic E-state index is 0.0360. The van der Waals surface area contributed by atoms with E-state index in [4.69, 9.17) is 11.6 Å². The molecular formula is C17H24ClN3O3S. The molecule has 0 bridgehead atoms. The lowest BCUT2D eigenvalue weighted by atomic mass is 10.0. The van der Waals surface area contributed by atoms with Crippen molar-refractivity contribution >= 4 is 33.0 Å². The number of nitrogens with one attached hydrogen (secondary N) is 1. The van der Waals surface area contributed by atoms with E-state index in [0.29, 0.717) is 13.0 Å². The molecule has 1 aromatic rings. The van der Waals surface area contributed by atoms with Crippen LogP contribution in [0.15, 0.2) is 24.3 Å². The van der Waals surface area contributed by atoms with Gasteiger partial charge in [0, 0.05) is 36.9 Å². The molecule has 0 spiro atoms. The van der Waals surface area contributed by atoms with E-state index in [-0.39, 0.29) is 17.4 Å². The minimum atomic E-state index is -3.02. The molecule has 2 heterocycles. The van der Waals surface area contributed by atoms with Crippen molar-refractivity contribution in [2.45, 2.75) is 18.9 Å². The Bertz CT molecular complexity index is 747. The third kappa shape index (κ3) is 4.86. The Morgan fingerprint density at radius 2 is 2.00 bits per heavy atom. The molecule has 2 saturated heterocycles. The average Bonchev–Trinajstić information content (AvgIpc) is 2.81. The second kappa shape index (κ2) is 7.13. The average molecular weight is 386 g/mol. The summed E-state index contributed by atoms with van der Waals surface area (Å²) in [4.78, 5) is 16.7. The largest absolute Gasteiger partial charge is 0.369 e. The summed E-state index contributed by atoms with van der Waals surface area (Å²) >= 11 is 6.04. The molecular weight excluding hydrogens is 362 g/mol. The highest BCUT2D eigenvalue weighted by molar-refractivity contribution is 7.91. The third-order valence-electron chi connectivity index (χ3n) is 4.86. The van der Waals surface area contributed by atoms with Crippen LogP contribution in [0, 0.1) is 0 Å². The van der Waals surface area contributed by atoms with Crippen molar-refractivity contribution in [3.63, 3.8) is 0 Å². The standard InChI is InChI=1S/C17H24ClN3O3S/c1-17(5-10-25(23,24)13-17)19-16(22)12-20-6-8-21(9-7-20)15-4-2-3-14(18)11-15/h2-4,11H,5-10,12-13H2,1H3,(H,19,22)/t17-/m1/s1. The highest BCUT2D eigenvalue weighted by Crippen LogP contribution is 2.23. The summed E-state index contributed by atoms with van der Waals surface area (Å²) < 4.78 is 23.3. The molecule has 0 saturated carbocycles. The summed E-state index contributed by atoms with van der Waals surface area (Å²) in [5.41, 5.74) is 0.471. The van der Waals surface area contributed by atoms with Crippen LogP contribution < -0.4 is 10.2 Å². The van der Waals surface area contributed by atoms with Crippen molar-refractivity contribution < 1.29 is 13.2 Å². The van der Waals surface area contributed by atoms with Crippen LogP contribution in [-0.2, 0) is 14.6 Å². The van der Waals surface area contributed by atoms with Crippen molar-refractivity contribution in [1.29, 1.82) is 0 Å². The zero-order valence-electron chi connectivity index (χ0n) is 14.4. The van der Waals surface area contributed by atoms with Crippen molar-refractivity contribution in [2.75, 3.05) is 49.1 Å². The Morgan fingerprint density at radius 3 is 2.60 bits per heavy atom. The number of halogens is 1. The zero-order chi connectivity index (χ0) is 18.1. The predicted octanol–water partition coefficient (Wildman–Crippen LogP) is 1.16. The quantitative estimate of drug-likeness (QED) is 0.842. The van der Waals surface area contributed by atoms with Gasteiger partial charge in [0.2, 0.25) is 5.91 Å². The maximum Gasteiger partial charge on any atom is 0.234 e. The molecule has 0 unspecified atom stereocenters. The Hall–Kier alpha value is -1.31. The Kier molecular flexibility index (Phi) is 5.27. The first kappa shape index (κ1) is 18.5. The van der Waals surface area contributed by atoms with Crippen LogP contribution in [0.2, 0.25) is 5.02 Å². The molecule has 1 aromatic carbocycles. The van der Waals surface area contributed by atoms with Crippen LogP contribution in [0.5, 0.6) is 0 Å². The monoisotopic (exact) mass is 385 g/mol. The van der Waals surface area contributed by atoms with Gasteiger partial charge in [-0.15, -0.1) is 0 Å². The Labute approximate surface area is 154 Å². The van der Waals surface area contributed by atoms with Crippen LogP contribution >= 0.6 is 11.6 Å². The first-order chi connectivity index (χ1) is 11.7. The number of anilines is 1. The van der Waals surface area contributed by atoms with Crippen molar-refractivity contribution in [3.05, 3.63) is 29.3 Å². The van der Waals surface area contributed by atoms with Crippen molar-refractivity contribution in [2.24, 2.45) is 0 Å². The molecule has 1 atom stereocenters. The number of amides is 1. The van der Waals surface area contributed by atoms with Gasteiger partial charge in [0.15, 0.2) is 9.84 Å². The van der Waals surface area contributed by atoms with Crippen LogP contribution in [0.3, 0.4) is 0 Å². The highest BCUT2D eigenvalue weighted by atomic mass is 35.5. The lowest BCUT2D eigenvalue weighted by Gasteiger charge is -2.36. The van der Waals surface area contributed by atoms with E-state index >= 15 is 0 Å². The van der Waals surface area contributed by atoms with Gasteiger partial charge in [-0.3, -0.25) is 9.69 Å². The number of rotatable bonds is 4. The van der Waals surface area contributed by atoms with Gasteiger partial charge in [0.1, 0.15) is 0 Å². The number of benzene rings is 1. The second-order valence-corrected chi connectivity index (χ2v) is 9.81. The molecule has 0 radical (unpaired) electrons. The van der Waals surface area contributed by atoms with Gasteiger partial charge in [-0.2, -0.15) is 0 Å². The third-order valence-corrected chi connectivity index (χ3v) is 7.00. The first-order valence-electron chi connectivity index (χ1n) is 8.49. The summed E-state index contributed by atoms with van der Waals surface area (Å²) in [7, 11) is -3.02. The Balaban J connectivity index is 1.48. The maximum absolute atomic E-state index is 12.3. The van der Waals surface area contributed by atoms with E-state index in [0.717, 1.165) is 36.9 Å². The van der Waals surface area contributed by atoms with E-state index in [1.54, 1.807) is 0 Å². The molecule has 8 heteroatoms. The van der Waals surface area contributed by atoms with Gasteiger partial charge in [-0.05, 0) is 31.5 Å². The fourth-order valence-corrected chi connectivity index (χ4v) is 5.80. The predicted molar refractivity (Wildman–Crippen MR) is 99.9 cm³/mol. The van der Waals surface area contributed by atoms with Crippen LogP contribution in [0.4, 0.5) is 5.69 Å². The second-order valence-electron chi connectivity index (χ2n) is 7.19. The fraction of sp³-hybridized carbons (Fsp3) is 0.588. The molecule has 3 rings (SSSR count). The van der Waals surface area contributed by atoms with Crippen LogP contribution in [0.1, 0.15) is 13.3 Å². The minimum Gasteiger partial charge on any atom is -0.369 e. The van der Waals surface area contributed by atoms with E-state index in [1.807, 2.05) is 31.2 Å². The SMILES string of the molecule is C[C@@]1(NC(=O)CN2CCN(c3cccc(Cl)c3)CC2)CCS(=O)(=O)C1. The van der Waals surface area contributed by atoms with Crippen LogP contribution in [0.25, 0.3) is 0 Å². The Morgan fingerprint density at radius 1 is 1.28 bits per heavy atom. The van der Waals surface area contributed by atoms with Crippen LogP contribution in [-0.4, -0.2) is 69.0 Å². The van der Waals surface area contributed by atoms with E-state index < -0.39 is 15.4 Å². The van der Waals surface area contributed by atoms with E-state index in [9.17, 15) is 13.2 Å². The lowest BCUT2D eigenvalue weighted by Crippen LogP contribution is -2.53. The summed E-state index contributed by atoms with van der Waals surface area (Å²) in [5.74, 6) is 0.0897. The lowest BCUT2D eigenvalue weighted by molar-refractivity contribution is -0.123. The zero-order valence-corrected chi connectivity index (χ0v) is 15.9. The van der Waals surface area contributed by atoms with Crippen molar-refractivity contribution in [1.82, 2.24) is 10.2 Å². The molecule has 25 heavy (non-hydrogen) atoms. The molecule has 0 aliphatic carbocycles. The molecule has 2 aliphatic rings. The van der Waals surface area contributed by atoms with Crippen molar-refractivity contribution in [3.8, 4) is 0 Å². The highest BCUT2D eigenvalue weighted by Gasteiger charge is 2.39. The molecule has 2 fully saturated rings. The fourth-order valence-electron chi connectivity index (χ4n) is 3.53. The smallest absolute Gasteiger partial charge is 0.234 e. The summed E-state index contributed by atoms with van der Waals surface area (Å²) in [6.45, 7) is 5.36. The summed E-state index contributed by atoms with van der Waals surface area (Å²) in [6, 6.07) is 7.78. The molecule has 2 aliphatic heterocycles. The topological polar surface area (TPSA) is 69.7 Å². The number of hydrogen-bond donors (Lipinski definition) is 1. The van der Waals surface area contributed by atoms with Gasteiger partial charge >= 0.3 is 0 Å². The molecule has 0 aromatic heterocycles. The normalized spacial score (nSPS) is 26.6. The molecule has 138 valence electrons. The van der Waals surface area contributed by atoms with Gasteiger partial charge in [0.25, 0.3) is 0 Å². The molecule has 6 nitrogen and oxygen atoms in total. The number of nitrogens with zero attached hydrogens (tertiary/aromatic N) is 2. The number of carbonyl (C=O) groups excluding carboxylic acids is 1. The summed E-state index contributed by atoms with van der Waals surface area (Å²) in [5, 5.41) is 3.64. The van der Waals surface area contributed by atoms with Gasteiger partial charge in [-0.25, -0.2) is 8.42 Å². The van der Waals surface area contributed by atoms with Gasteiger partial charge in [0.05, 0.1) is 23.6 Å². The number of sulfone groups is 1. The van der Waals surface area contributed by atoms with E-state index in [1.165, 1.54) is 0 Å². The maximum atomic E-state index is 12.3. The van der Waals surface area contributed by atoms with E-state index in [2.05, 4.69) is 15.1 Å². The van der Waals surface area contributed by atoms with Gasteiger partial charge < -0.3 is 10.2 Å². The number of hydrogen-bond acceptors (Lipinski definition) is 5. The first-order valence-corrected chi connectivity index (χ1v) is 10.7.